The molecule has 1 atom stereocenters. The van der Waals surface area contributed by atoms with Crippen LogP contribution in [0, 0.1) is 0 Å². The van der Waals surface area contributed by atoms with Crippen LogP contribution < -0.4 is 5.32 Å². The molecule has 2 aromatic heterocycles. The summed E-state index contributed by atoms with van der Waals surface area (Å²) in [5, 5.41) is 4.31. The van der Waals surface area contributed by atoms with Gasteiger partial charge >= 0.3 is 0 Å². The molecule has 4 rings (SSSR count). The van der Waals surface area contributed by atoms with Crippen molar-refractivity contribution in [1.82, 2.24) is 24.2 Å². The number of aromatic nitrogens is 3. The van der Waals surface area contributed by atoms with E-state index in [0.717, 1.165) is 0 Å². The van der Waals surface area contributed by atoms with E-state index in [-0.39, 0.29) is 29.9 Å². The minimum Gasteiger partial charge on any atom is -0.350 e. The Morgan fingerprint density at radius 3 is 2.93 bits per heavy atom. The zero-order valence-corrected chi connectivity index (χ0v) is 16.4. The molecule has 10 heteroatoms. The fourth-order valence-corrected chi connectivity index (χ4v) is 5.46. The lowest BCUT2D eigenvalue weighted by atomic mass is 10.2. The lowest BCUT2D eigenvalue weighted by molar-refractivity contribution is -0.122. The highest BCUT2D eigenvalue weighted by atomic mass is 35.5. The molecule has 3 heterocycles. The first-order valence-corrected chi connectivity index (χ1v) is 10.5. The number of amides is 1. The van der Waals surface area contributed by atoms with Crippen molar-refractivity contribution in [3.8, 4) is 0 Å². The first-order valence-electron chi connectivity index (χ1n) is 8.72. The standard InChI is InChI=1S/C18H18ClN5O3S/c19-15-9-21-8-13-2-1-3-16(18(13)15)28(26,27)24-6-4-14(10-24)22-17(25)11-23-7-5-20-12-23/h1-3,5,7-9,12,14H,4,6,10-11H2,(H,22,25). The minimum absolute atomic E-state index is 0.148. The molecule has 1 aliphatic rings. The van der Waals surface area contributed by atoms with Crippen LogP contribution in [0.2, 0.25) is 5.02 Å². The molecule has 1 aromatic carbocycles. The van der Waals surface area contributed by atoms with Gasteiger partial charge in [0.2, 0.25) is 15.9 Å². The number of nitrogens with zero attached hydrogens (tertiary/aromatic N) is 4. The van der Waals surface area contributed by atoms with Crippen LogP contribution in [-0.2, 0) is 21.4 Å². The molecule has 1 N–H and O–H groups in total. The first-order chi connectivity index (χ1) is 13.4. The summed E-state index contributed by atoms with van der Waals surface area (Å²) in [5.74, 6) is -0.179. The SMILES string of the molecule is O=C(Cn1ccnc1)NC1CCN(S(=O)(=O)c2cccc3cncc(Cl)c23)C1. The Hall–Kier alpha value is -2.49. The average molecular weight is 420 g/mol. The monoisotopic (exact) mass is 419 g/mol. The Morgan fingerprint density at radius 2 is 2.14 bits per heavy atom. The lowest BCUT2D eigenvalue weighted by Crippen LogP contribution is -2.39. The maximum Gasteiger partial charge on any atom is 0.243 e. The molecule has 3 aromatic rings. The number of hydrogen-bond donors (Lipinski definition) is 1. The van der Waals surface area contributed by atoms with E-state index in [1.165, 1.54) is 10.5 Å². The Morgan fingerprint density at radius 1 is 1.29 bits per heavy atom. The molecular formula is C18H18ClN5O3S. The summed E-state index contributed by atoms with van der Waals surface area (Å²) in [7, 11) is -3.75. The van der Waals surface area contributed by atoms with Gasteiger partial charge in [0.05, 0.1) is 16.2 Å². The summed E-state index contributed by atoms with van der Waals surface area (Å²) < 4.78 is 29.5. The molecule has 28 heavy (non-hydrogen) atoms. The normalized spacial score (nSPS) is 17.8. The summed E-state index contributed by atoms with van der Waals surface area (Å²) in [6, 6.07) is 4.76. The van der Waals surface area contributed by atoms with Gasteiger partial charge in [0, 0.05) is 54.7 Å². The molecule has 0 spiro atoms. The van der Waals surface area contributed by atoms with Crippen LogP contribution in [0.3, 0.4) is 0 Å². The first kappa shape index (κ1) is 18.9. The van der Waals surface area contributed by atoms with Crippen molar-refractivity contribution in [2.75, 3.05) is 13.1 Å². The Kier molecular flexibility index (Phi) is 5.05. The van der Waals surface area contributed by atoms with Gasteiger partial charge in [0.1, 0.15) is 6.54 Å². The van der Waals surface area contributed by atoms with Crippen molar-refractivity contribution in [2.45, 2.75) is 23.9 Å². The Balaban J connectivity index is 1.51. The average Bonchev–Trinajstić information content (AvgIpc) is 3.34. The van der Waals surface area contributed by atoms with E-state index < -0.39 is 10.0 Å². The van der Waals surface area contributed by atoms with Gasteiger partial charge in [0.25, 0.3) is 0 Å². The maximum absolute atomic E-state index is 13.2. The van der Waals surface area contributed by atoms with E-state index in [1.807, 2.05) is 0 Å². The van der Waals surface area contributed by atoms with Crippen molar-refractivity contribution < 1.29 is 13.2 Å². The van der Waals surface area contributed by atoms with Crippen LogP contribution in [0.15, 0.2) is 54.2 Å². The maximum atomic E-state index is 13.2. The van der Waals surface area contributed by atoms with Gasteiger partial charge in [-0.05, 0) is 12.5 Å². The van der Waals surface area contributed by atoms with Gasteiger partial charge in [-0.1, -0.05) is 23.7 Å². The van der Waals surface area contributed by atoms with Gasteiger partial charge in [-0.25, -0.2) is 13.4 Å². The van der Waals surface area contributed by atoms with E-state index in [1.54, 1.807) is 47.7 Å². The molecule has 0 saturated carbocycles. The number of nitrogens with one attached hydrogen (secondary N) is 1. The highest BCUT2D eigenvalue weighted by Crippen LogP contribution is 2.32. The highest BCUT2D eigenvalue weighted by Gasteiger charge is 2.34. The number of hydrogen-bond acceptors (Lipinski definition) is 5. The van der Waals surface area contributed by atoms with Crippen molar-refractivity contribution in [3.63, 3.8) is 0 Å². The van der Waals surface area contributed by atoms with Crippen LogP contribution in [0.25, 0.3) is 10.8 Å². The van der Waals surface area contributed by atoms with Gasteiger partial charge in [-0.2, -0.15) is 4.31 Å². The fourth-order valence-electron chi connectivity index (χ4n) is 3.40. The van der Waals surface area contributed by atoms with Gasteiger partial charge in [-0.3, -0.25) is 9.78 Å². The molecule has 1 unspecified atom stereocenters. The second-order valence-electron chi connectivity index (χ2n) is 6.63. The molecule has 1 fully saturated rings. The summed E-state index contributed by atoms with van der Waals surface area (Å²) in [6.45, 7) is 0.698. The van der Waals surface area contributed by atoms with E-state index >= 15 is 0 Å². The molecule has 146 valence electrons. The van der Waals surface area contributed by atoms with Gasteiger partial charge in [-0.15, -0.1) is 0 Å². The number of pyridine rings is 1. The number of rotatable bonds is 5. The third-order valence-corrected chi connectivity index (χ3v) is 6.91. The second-order valence-corrected chi connectivity index (χ2v) is 8.94. The Bertz CT molecular complexity index is 1110. The molecule has 1 amide bonds. The van der Waals surface area contributed by atoms with Gasteiger partial charge in [0.15, 0.2) is 0 Å². The van der Waals surface area contributed by atoms with Crippen molar-refractivity contribution >= 4 is 38.3 Å². The van der Waals surface area contributed by atoms with Crippen molar-refractivity contribution in [2.24, 2.45) is 0 Å². The summed E-state index contributed by atoms with van der Waals surface area (Å²) in [4.78, 5) is 20.2. The molecule has 1 saturated heterocycles. The molecule has 1 aliphatic heterocycles. The summed E-state index contributed by atoms with van der Waals surface area (Å²) in [5.41, 5.74) is 0. The van der Waals surface area contributed by atoms with Crippen LogP contribution in [-0.4, -0.2) is 52.3 Å². The number of carbonyl (C=O) groups excluding carboxylic acids is 1. The number of benzene rings is 1. The predicted octanol–water partition coefficient (Wildman–Crippen LogP) is 1.66. The van der Waals surface area contributed by atoms with E-state index in [2.05, 4.69) is 15.3 Å². The van der Waals surface area contributed by atoms with Crippen LogP contribution in [0.4, 0.5) is 0 Å². The number of imidazole rings is 1. The molecule has 0 aliphatic carbocycles. The van der Waals surface area contributed by atoms with Crippen LogP contribution in [0.1, 0.15) is 6.42 Å². The zero-order chi connectivity index (χ0) is 19.7. The summed E-state index contributed by atoms with van der Waals surface area (Å²) in [6.07, 6.45) is 8.43. The second kappa shape index (κ2) is 7.50. The van der Waals surface area contributed by atoms with E-state index in [9.17, 15) is 13.2 Å². The van der Waals surface area contributed by atoms with Crippen LogP contribution >= 0.6 is 11.6 Å². The van der Waals surface area contributed by atoms with Crippen molar-refractivity contribution in [1.29, 1.82) is 0 Å². The van der Waals surface area contributed by atoms with Crippen LogP contribution in [0.5, 0.6) is 0 Å². The fraction of sp³-hybridized carbons (Fsp3) is 0.278. The van der Waals surface area contributed by atoms with E-state index in [0.29, 0.717) is 28.8 Å². The number of sulfonamides is 1. The molecular weight excluding hydrogens is 402 g/mol. The number of carbonyl (C=O) groups is 1. The summed E-state index contributed by atoms with van der Waals surface area (Å²) >= 11 is 6.23. The lowest BCUT2D eigenvalue weighted by Gasteiger charge is -2.19. The zero-order valence-electron chi connectivity index (χ0n) is 14.8. The third kappa shape index (κ3) is 3.60. The predicted molar refractivity (Wildman–Crippen MR) is 104 cm³/mol. The number of halogens is 1. The largest absolute Gasteiger partial charge is 0.350 e. The molecule has 0 radical (unpaired) electrons. The van der Waals surface area contributed by atoms with Crippen molar-refractivity contribution in [3.05, 3.63) is 54.3 Å². The third-order valence-electron chi connectivity index (χ3n) is 4.72. The highest BCUT2D eigenvalue weighted by molar-refractivity contribution is 7.89. The topological polar surface area (TPSA) is 97.2 Å². The smallest absolute Gasteiger partial charge is 0.243 e. The minimum atomic E-state index is -3.75. The molecule has 0 bridgehead atoms. The van der Waals surface area contributed by atoms with Gasteiger partial charge < -0.3 is 9.88 Å². The molecule has 8 nitrogen and oxygen atoms in total. The number of fused-ring (bicyclic) bond motifs is 1. The van der Waals surface area contributed by atoms with E-state index in [4.69, 9.17) is 11.6 Å². The quantitative estimate of drug-likeness (QED) is 0.678. The Labute approximate surface area is 167 Å².